The van der Waals surface area contributed by atoms with Crippen LogP contribution in [0.5, 0.6) is 5.75 Å². The van der Waals surface area contributed by atoms with E-state index in [2.05, 4.69) is 32.1 Å². The van der Waals surface area contributed by atoms with Crippen LogP contribution in [0.15, 0.2) is 54.6 Å². The van der Waals surface area contributed by atoms with Crippen molar-refractivity contribution in [3.8, 4) is 5.75 Å². The lowest BCUT2D eigenvalue weighted by Gasteiger charge is -2.11. The first-order chi connectivity index (χ1) is 9.29. The maximum Gasteiger partial charge on any atom is 0.721 e. The molecule has 3 aromatic rings. The molecule has 0 fully saturated rings. The van der Waals surface area contributed by atoms with E-state index in [4.69, 9.17) is 4.65 Å². The molecule has 5 heteroatoms. The van der Waals surface area contributed by atoms with Crippen molar-refractivity contribution in [2.24, 2.45) is 0 Å². The first kappa shape index (κ1) is 12.5. The maximum atomic E-state index is 9.39. The highest BCUT2D eigenvalue weighted by Gasteiger charge is 2.18. The Hall–Kier alpha value is -1.56. The number of benzene rings is 3. The normalized spacial score (nSPS) is 10.8. The fraction of sp³-hybridized carbons (Fsp3) is 0. The Bertz CT molecular complexity index is 732. The Kier molecular flexibility index (Phi) is 3.42. The number of rotatable bonds is 3. The molecule has 0 spiro atoms. The molecule has 3 rings (SSSR count). The first-order valence-electron chi connectivity index (χ1n) is 5.82. The summed E-state index contributed by atoms with van der Waals surface area (Å²) < 4.78 is 9.85. The van der Waals surface area contributed by atoms with Gasteiger partial charge in [-0.2, -0.15) is 0 Å². The molecule has 0 aliphatic rings. The van der Waals surface area contributed by atoms with Crippen molar-refractivity contribution in [3.05, 3.63) is 54.6 Å². The minimum absolute atomic E-state index is 0.579. The summed E-state index contributed by atoms with van der Waals surface area (Å²) in [6.45, 7) is 0. The van der Waals surface area contributed by atoms with Crippen LogP contribution in [0.25, 0.3) is 21.5 Å². The van der Waals surface area contributed by atoms with Gasteiger partial charge in [0.1, 0.15) is 5.75 Å². The zero-order valence-electron chi connectivity index (χ0n) is 9.92. The third-order valence-electron chi connectivity index (χ3n) is 3.05. The molecule has 0 unspecified atom stereocenters. The van der Waals surface area contributed by atoms with Crippen molar-refractivity contribution in [2.75, 3.05) is 0 Å². The van der Waals surface area contributed by atoms with E-state index in [1.807, 2.05) is 36.4 Å². The smallest absolute Gasteiger partial charge is 0.511 e. The maximum absolute atomic E-state index is 9.39. The van der Waals surface area contributed by atoms with E-state index in [1.54, 1.807) is 6.07 Å². The monoisotopic (exact) mass is 316 g/mol. The summed E-state index contributed by atoms with van der Waals surface area (Å²) in [6.07, 6.45) is 0. The van der Waals surface area contributed by atoms with Gasteiger partial charge in [0.25, 0.3) is 0 Å². The average molecular weight is 317 g/mol. The lowest BCUT2D eigenvalue weighted by molar-refractivity contribution is 0.327. The van der Waals surface area contributed by atoms with Crippen LogP contribution in [0.3, 0.4) is 0 Å². The Balaban J connectivity index is 2.23. The van der Waals surface area contributed by atoms with Crippen LogP contribution in [0.1, 0.15) is 0 Å². The summed E-state index contributed by atoms with van der Waals surface area (Å²) in [6, 6.07) is 17.9. The van der Waals surface area contributed by atoms with Crippen molar-refractivity contribution >= 4 is 45.1 Å². The zero-order chi connectivity index (χ0) is 13.2. The summed E-state index contributed by atoms with van der Waals surface area (Å²) in [5.41, 5.74) is 0. The largest absolute Gasteiger partial charge is 0.721 e. The lowest BCUT2D eigenvalue weighted by atomic mass is 10.0. The van der Waals surface area contributed by atoms with Gasteiger partial charge >= 0.3 is 7.32 Å². The Morgan fingerprint density at radius 2 is 1.63 bits per heavy atom. The number of fused-ring (bicyclic) bond motifs is 3. The minimum atomic E-state index is -1.34. The average Bonchev–Trinajstić information content (AvgIpc) is 2.47. The molecule has 3 aromatic carbocycles. The van der Waals surface area contributed by atoms with Crippen LogP contribution in [0.4, 0.5) is 0 Å². The van der Waals surface area contributed by atoms with Crippen molar-refractivity contribution in [1.82, 2.24) is 0 Å². The first-order valence-corrected chi connectivity index (χ1v) is 6.47. The van der Waals surface area contributed by atoms with Gasteiger partial charge in [0.05, 0.1) is 16.3 Å². The van der Waals surface area contributed by atoms with Crippen molar-refractivity contribution in [2.45, 2.75) is 0 Å². The molecule has 94 valence electrons. The Morgan fingerprint density at radius 3 is 2.47 bits per heavy atom. The van der Waals surface area contributed by atoms with E-state index in [0.29, 0.717) is 5.75 Å². The van der Waals surface area contributed by atoms with Crippen LogP contribution in [-0.4, -0.2) is 12.3 Å². The predicted molar refractivity (Wildman–Crippen MR) is 80.1 cm³/mol. The predicted octanol–water partition coefficient (Wildman–Crippen LogP) is 3.68. The minimum Gasteiger partial charge on any atom is -0.511 e. The number of hydrogen-bond donors (Lipinski definition) is 1. The van der Waals surface area contributed by atoms with E-state index in [1.165, 1.54) is 5.39 Å². The molecule has 0 amide bonds. The zero-order valence-corrected chi connectivity index (χ0v) is 11.5. The second-order valence-electron chi connectivity index (χ2n) is 4.15. The summed E-state index contributed by atoms with van der Waals surface area (Å²) in [4.78, 5) is 0. The molecular formula is C14H10BBrO3. The van der Waals surface area contributed by atoms with Gasteiger partial charge in [0, 0.05) is 5.39 Å². The highest BCUT2D eigenvalue weighted by molar-refractivity contribution is 9.06. The van der Waals surface area contributed by atoms with Crippen LogP contribution in [0, 0.1) is 0 Å². The van der Waals surface area contributed by atoms with Crippen LogP contribution in [0.2, 0.25) is 0 Å². The fourth-order valence-corrected chi connectivity index (χ4v) is 2.32. The highest BCUT2D eigenvalue weighted by atomic mass is 79.9. The van der Waals surface area contributed by atoms with Crippen LogP contribution < -0.4 is 4.65 Å². The summed E-state index contributed by atoms with van der Waals surface area (Å²) in [5.74, 6) is 0.579. The molecule has 3 nitrogen and oxygen atoms in total. The Morgan fingerprint density at radius 1 is 0.842 bits per heavy atom. The van der Waals surface area contributed by atoms with E-state index in [-0.39, 0.29) is 0 Å². The number of hydrogen-bond acceptors (Lipinski definition) is 3. The molecule has 0 saturated carbocycles. The third kappa shape index (κ3) is 2.32. The highest BCUT2D eigenvalue weighted by Crippen LogP contribution is 2.31. The standard InChI is InChI=1S/C14H10BBrO3/c16-19-15(17)18-14-7-3-6-12-11-5-2-1-4-10(11)8-9-13(12)14/h1-9,17H. The van der Waals surface area contributed by atoms with E-state index < -0.39 is 7.32 Å². The van der Waals surface area contributed by atoms with Crippen molar-refractivity contribution in [1.29, 1.82) is 0 Å². The van der Waals surface area contributed by atoms with Gasteiger partial charge in [-0.15, -0.1) is 0 Å². The van der Waals surface area contributed by atoms with Gasteiger partial charge in [0.2, 0.25) is 0 Å². The van der Waals surface area contributed by atoms with Crippen molar-refractivity contribution in [3.63, 3.8) is 0 Å². The summed E-state index contributed by atoms with van der Waals surface area (Å²) >= 11 is 2.70. The van der Waals surface area contributed by atoms with Crippen molar-refractivity contribution < 1.29 is 13.4 Å². The quantitative estimate of drug-likeness (QED) is 0.592. The molecule has 0 saturated heterocycles. The SMILES string of the molecule is OB(OBr)Oc1cccc2c1ccc1ccccc12. The fourth-order valence-electron chi connectivity index (χ4n) is 2.24. The molecule has 1 N–H and O–H groups in total. The van der Waals surface area contributed by atoms with E-state index in [9.17, 15) is 5.02 Å². The van der Waals surface area contributed by atoms with Gasteiger partial charge in [-0.1, -0.05) is 48.5 Å². The molecule has 0 atom stereocenters. The van der Waals surface area contributed by atoms with E-state index >= 15 is 0 Å². The molecule has 0 aliphatic heterocycles. The molecular weight excluding hydrogens is 307 g/mol. The Labute approximate surface area is 119 Å². The van der Waals surface area contributed by atoms with Gasteiger partial charge in [-0.25, -0.2) is 0 Å². The second kappa shape index (κ2) is 5.21. The number of halogens is 1. The molecule has 19 heavy (non-hydrogen) atoms. The topological polar surface area (TPSA) is 38.7 Å². The third-order valence-corrected chi connectivity index (χ3v) is 3.37. The van der Waals surface area contributed by atoms with Crippen LogP contribution >= 0.6 is 16.3 Å². The molecule has 0 aliphatic carbocycles. The molecule has 0 radical (unpaired) electrons. The molecule has 0 aromatic heterocycles. The molecule has 0 bridgehead atoms. The van der Waals surface area contributed by atoms with Gasteiger partial charge in [0.15, 0.2) is 0 Å². The second-order valence-corrected chi connectivity index (χ2v) is 4.53. The summed E-state index contributed by atoms with van der Waals surface area (Å²) in [7, 11) is -1.34. The van der Waals surface area contributed by atoms with E-state index in [0.717, 1.165) is 16.2 Å². The molecule has 0 heterocycles. The van der Waals surface area contributed by atoms with Gasteiger partial charge in [-0.05, 0) is 22.2 Å². The van der Waals surface area contributed by atoms with Gasteiger partial charge < -0.3 is 9.68 Å². The van der Waals surface area contributed by atoms with Crippen LogP contribution in [-0.2, 0) is 3.75 Å². The summed E-state index contributed by atoms with van der Waals surface area (Å²) in [5, 5.41) is 13.7. The van der Waals surface area contributed by atoms with Gasteiger partial charge in [-0.3, -0.25) is 3.75 Å². The lowest BCUT2D eigenvalue weighted by Crippen LogP contribution is -2.21.